The van der Waals surface area contributed by atoms with Gasteiger partial charge in [0.15, 0.2) is 11.5 Å². The Bertz CT molecular complexity index is 903. The van der Waals surface area contributed by atoms with Crippen molar-refractivity contribution in [3.63, 3.8) is 0 Å². The van der Waals surface area contributed by atoms with E-state index in [0.29, 0.717) is 11.5 Å². The van der Waals surface area contributed by atoms with E-state index in [0.717, 1.165) is 11.1 Å². The molecule has 1 N–H and O–H groups in total. The summed E-state index contributed by atoms with van der Waals surface area (Å²) in [6, 6.07) is 14.0. The van der Waals surface area contributed by atoms with Crippen molar-refractivity contribution in [1.82, 2.24) is 5.43 Å². The predicted molar refractivity (Wildman–Crippen MR) is 116 cm³/mol. The molecule has 1 aliphatic heterocycles. The summed E-state index contributed by atoms with van der Waals surface area (Å²) in [7, 11) is 0. The Morgan fingerprint density at radius 3 is 2.21 bits per heavy atom. The number of benzene rings is 2. The zero-order valence-electron chi connectivity index (χ0n) is 18.1. The van der Waals surface area contributed by atoms with Crippen LogP contribution in [0, 0.1) is 0 Å². The fourth-order valence-corrected chi connectivity index (χ4v) is 2.98. The number of carbonyl (C=O) groups is 1. The van der Waals surface area contributed by atoms with E-state index in [2.05, 4.69) is 64.2 Å². The monoisotopic (exact) mass is 394 g/mol. The number of hydrogen-bond donors (Lipinski definition) is 1. The van der Waals surface area contributed by atoms with Crippen LogP contribution in [0.5, 0.6) is 11.5 Å². The maximum Gasteiger partial charge on any atom is 0.284 e. The van der Waals surface area contributed by atoms with Crippen molar-refractivity contribution >= 4 is 12.1 Å². The van der Waals surface area contributed by atoms with Crippen LogP contribution in [-0.2, 0) is 15.6 Å². The Morgan fingerprint density at radius 2 is 1.59 bits per heavy atom. The van der Waals surface area contributed by atoms with Crippen LogP contribution in [-0.4, -0.2) is 24.8 Å². The number of rotatable bonds is 3. The zero-order chi connectivity index (χ0) is 21.2. The molecule has 1 aliphatic rings. The lowest BCUT2D eigenvalue weighted by Gasteiger charge is -2.27. The first-order chi connectivity index (χ1) is 13.5. The molecule has 154 valence electrons. The fraction of sp³-hybridized carbons (Fsp3) is 0.417. The second kappa shape index (κ2) is 7.90. The second-order valence-corrected chi connectivity index (χ2v) is 9.44. The number of nitrogens with one attached hydrogen (secondary N) is 1. The highest BCUT2D eigenvalue weighted by Gasteiger charge is 2.28. The van der Waals surface area contributed by atoms with E-state index in [1.165, 1.54) is 5.56 Å². The van der Waals surface area contributed by atoms with Crippen LogP contribution in [0.4, 0.5) is 0 Å². The average molecular weight is 395 g/mol. The van der Waals surface area contributed by atoms with Crippen molar-refractivity contribution in [1.29, 1.82) is 0 Å². The summed E-state index contributed by atoms with van der Waals surface area (Å²) in [6.45, 7) is 13.1. The first-order valence-corrected chi connectivity index (χ1v) is 9.91. The number of hydrogen-bond acceptors (Lipinski definition) is 4. The summed E-state index contributed by atoms with van der Waals surface area (Å²) in [4.78, 5) is 12.4. The third-order valence-corrected chi connectivity index (χ3v) is 4.93. The maximum absolute atomic E-state index is 12.4. The minimum absolute atomic E-state index is 0.0135. The Kier molecular flexibility index (Phi) is 5.69. The molecule has 0 bridgehead atoms. The minimum atomic E-state index is -0.738. The van der Waals surface area contributed by atoms with E-state index in [9.17, 15) is 4.79 Å². The van der Waals surface area contributed by atoms with Gasteiger partial charge in [-0.3, -0.25) is 4.79 Å². The molecule has 3 rings (SSSR count). The van der Waals surface area contributed by atoms with Crippen LogP contribution < -0.4 is 14.9 Å². The SMILES string of the molecule is CC(C)(C)c1ccc(C=NNC(=O)C2COc3ccc(C(C)(C)C)cc3O2)cc1. The van der Waals surface area contributed by atoms with Crippen molar-refractivity contribution in [3.05, 3.63) is 59.2 Å². The van der Waals surface area contributed by atoms with E-state index >= 15 is 0 Å². The molecule has 1 amide bonds. The van der Waals surface area contributed by atoms with Crippen LogP contribution in [0.2, 0.25) is 0 Å². The number of nitrogens with zero attached hydrogens (tertiary/aromatic N) is 1. The Hall–Kier alpha value is -2.82. The highest BCUT2D eigenvalue weighted by Crippen LogP contribution is 2.36. The first kappa shape index (κ1) is 20.9. The third-order valence-electron chi connectivity index (χ3n) is 4.93. The third kappa shape index (κ3) is 5.17. The molecule has 0 fully saturated rings. The van der Waals surface area contributed by atoms with Crippen molar-refractivity contribution < 1.29 is 14.3 Å². The predicted octanol–water partition coefficient (Wildman–Crippen LogP) is 4.57. The fourth-order valence-electron chi connectivity index (χ4n) is 2.98. The van der Waals surface area contributed by atoms with Crippen LogP contribution in [0.3, 0.4) is 0 Å². The molecule has 5 heteroatoms. The average Bonchev–Trinajstić information content (AvgIpc) is 2.66. The molecule has 2 aromatic rings. The number of carbonyl (C=O) groups excluding carboxylic acids is 1. The zero-order valence-corrected chi connectivity index (χ0v) is 18.1. The van der Waals surface area contributed by atoms with Gasteiger partial charge in [0, 0.05) is 0 Å². The number of hydrazone groups is 1. The second-order valence-electron chi connectivity index (χ2n) is 9.44. The molecule has 0 aromatic heterocycles. The molecule has 0 aliphatic carbocycles. The number of ether oxygens (including phenoxy) is 2. The lowest BCUT2D eigenvalue weighted by Crippen LogP contribution is -2.42. The molecule has 0 radical (unpaired) electrons. The summed E-state index contributed by atoms with van der Waals surface area (Å²) in [5.41, 5.74) is 5.92. The maximum atomic E-state index is 12.4. The normalized spacial score (nSPS) is 16.7. The van der Waals surface area contributed by atoms with Crippen molar-refractivity contribution in [3.8, 4) is 11.5 Å². The highest BCUT2D eigenvalue weighted by atomic mass is 16.6. The van der Waals surface area contributed by atoms with Gasteiger partial charge in [0.25, 0.3) is 5.91 Å². The van der Waals surface area contributed by atoms with Crippen LogP contribution >= 0.6 is 0 Å². The van der Waals surface area contributed by atoms with Gasteiger partial charge in [0.2, 0.25) is 6.10 Å². The molecule has 0 saturated carbocycles. The summed E-state index contributed by atoms with van der Waals surface area (Å²) < 4.78 is 11.6. The van der Waals surface area contributed by atoms with Crippen molar-refractivity contribution in [2.45, 2.75) is 58.5 Å². The lowest BCUT2D eigenvalue weighted by atomic mass is 9.87. The van der Waals surface area contributed by atoms with Gasteiger partial charge in [-0.1, -0.05) is 71.9 Å². The van der Waals surface area contributed by atoms with E-state index in [4.69, 9.17) is 9.47 Å². The van der Waals surface area contributed by atoms with Gasteiger partial charge in [-0.15, -0.1) is 0 Å². The molecule has 2 aromatic carbocycles. The molecular weight excluding hydrogens is 364 g/mol. The van der Waals surface area contributed by atoms with Crippen LogP contribution in [0.25, 0.3) is 0 Å². The first-order valence-electron chi connectivity index (χ1n) is 9.91. The molecule has 1 unspecified atom stereocenters. The van der Waals surface area contributed by atoms with Gasteiger partial charge in [0.05, 0.1) is 6.21 Å². The molecule has 0 saturated heterocycles. The van der Waals surface area contributed by atoms with Gasteiger partial charge in [-0.25, -0.2) is 5.43 Å². The van der Waals surface area contributed by atoms with E-state index in [1.54, 1.807) is 6.21 Å². The van der Waals surface area contributed by atoms with Gasteiger partial charge < -0.3 is 9.47 Å². The molecular formula is C24H30N2O3. The van der Waals surface area contributed by atoms with Crippen molar-refractivity contribution in [2.75, 3.05) is 6.61 Å². The molecule has 0 spiro atoms. The molecule has 1 atom stereocenters. The quantitative estimate of drug-likeness (QED) is 0.613. The molecule has 1 heterocycles. The van der Waals surface area contributed by atoms with Gasteiger partial charge in [-0.2, -0.15) is 5.10 Å². The van der Waals surface area contributed by atoms with Gasteiger partial charge in [0.1, 0.15) is 6.61 Å². The summed E-state index contributed by atoms with van der Waals surface area (Å²) in [5.74, 6) is 0.912. The van der Waals surface area contributed by atoms with Crippen molar-refractivity contribution in [2.24, 2.45) is 5.10 Å². The Labute approximate surface area is 173 Å². The summed E-state index contributed by atoms with van der Waals surface area (Å²) in [5, 5.41) is 4.06. The number of fused-ring (bicyclic) bond motifs is 1. The lowest BCUT2D eigenvalue weighted by molar-refractivity contribution is -0.130. The smallest absolute Gasteiger partial charge is 0.284 e. The van der Waals surface area contributed by atoms with E-state index < -0.39 is 6.10 Å². The van der Waals surface area contributed by atoms with E-state index in [-0.39, 0.29) is 23.3 Å². The Balaban J connectivity index is 1.61. The standard InChI is InChI=1S/C24H30N2O3/c1-23(2,3)17-9-7-16(8-10-17)14-25-26-22(27)21-15-28-19-12-11-18(24(4,5)6)13-20(19)29-21/h7-14,21H,15H2,1-6H3,(H,26,27). The number of amides is 1. The largest absolute Gasteiger partial charge is 0.485 e. The topological polar surface area (TPSA) is 59.9 Å². The minimum Gasteiger partial charge on any atom is -0.485 e. The van der Waals surface area contributed by atoms with Gasteiger partial charge >= 0.3 is 0 Å². The van der Waals surface area contributed by atoms with Crippen LogP contribution in [0.1, 0.15) is 58.2 Å². The van der Waals surface area contributed by atoms with Crippen LogP contribution in [0.15, 0.2) is 47.6 Å². The van der Waals surface area contributed by atoms with Gasteiger partial charge in [-0.05, 0) is 39.7 Å². The summed E-state index contributed by atoms with van der Waals surface area (Å²) >= 11 is 0. The molecule has 29 heavy (non-hydrogen) atoms. The highest BCUT2D eigenvalue weighted by molar-refractivity contribution is 5.85. The van der Waals surface area contributed by atoms with E-state index in [1.807, 2.05) is 30.3 Å². The Morgan fingerprint density at radius 1 is 0.966 bits per heavy atom. The summed E-state index contributed by atoms with van der Waals surface area (Å²) in [6.07, 6.45) is 0.887. The molecule has 5 nitrogen and oxygen atoms in total.